The molecule has 1 aromatic rings. The van der Waals surface area contributed by atoms with Gasteiger partial charge in [-0.05, 0) is 37.1 Å². The standard InChI is InChI=1S/C19H28N4O3S/c1-14(2)6-7-19(3)17(25)23(18(26)20-19)13-21-8-10-22(11-9-21)16(24)15-5-4-12-27-15/h4-5,12,14H,6-11,13H2,1-3H3,(H,20,26)/p+1/t19-/m1/s1. The molecule has 1 aromatic heterocycles. The van der Waals surface area contributed by atoms with Crippen LogP contribution >= 0.6 is 11.3 Å². The Bertz CT molecular complexity index is 698. The Labute approximate surface area is 164 Å². The maximum absolute atomic E-state index is 12.8. The van der Waals surface area contributed by atoms with Crippen molar-refractivity contribution in [1.82, 2.24) is 15.1 Å². The minimum absolute atomic E-state index is 0.0697. The molecule has 7 nitrogen and oxygen atoms in total. The highest BCUT2D eigenvalue weighted by molar-refractivity contribution is 7.12. The van der Waals surface area contributed by atoms with Gasteiger partial charge in [0, 0.05) is 0 Å². The van der Waals surface area contributed by atoms with Crippen molar-refractivity contribution in [1.29, 1.82) is 0 Å². The first-order valence-corrected chi connectivity index (χ1v) is 10.5. The van der Waals surface area contributed by atoms with Crippen molar-refractivity contribution in [3.8, 4) is 0 Å². The van der Waals surface area contributed by atoms with Crippen LogP contribution in [-0.4, -0.2) is 66.0 Å². The molecule has 8 heteroatoms. The number of nitrogens with zero attached hydrogens (tertiary/aromatic N) is 2. The molecule has 3 heterocycles. The zero-order valence-corrected chi connectivity index (χ0v) is 17.1. The van der Waals surface area contributed by atoms with E-state index in [1.54, 1.807) is 0 Å². The number of rotatable bonds is 6. The number of nitrogens with one attached hydrogen (secondary N) is 2. The highest BCUT2D eigenvalue weighted by Crippen LogP contribution is 2.24. The third-order valence-corrected chi connectivity index (χ3v) is 6.30. The lowest BCUT2D eigenvalue weighted by Crippen LogP contribution is -3.16. The fraction of sp³-hybridized carbons (Fsp3) is 0.632. The van der Waals surface area contributed by atoms with E-state index in [0.29, 0.717) is 32.1 Å². The maximum atomic E-state index is 12.8. The van der Waals surface area contributed by atoms with Crippen molar-refractivity contribution in [2.45, 2.75) is 39.2 Å². The number of imide groups is 1. The van der Waals surface area contributed by atoms with Crippen molar-refractivity contribution >= 4 is 29.2 Å². The quantitative estimate of drug-likeness (QED) is 0.702. The molecule has 2 N–H and O–H groups in total. The summed E-state index contributed by atoms with van der Waals surface area (Å²) in [5.41, 5.74) is -0.794. The van der Waals surface area contributed by atoms with Gasteiger partial charge < -0.3 is 15.1 Å². The molecular weight excluding hydrogens is 364 g/mol. The zero-order chi connectivity index (χ0) is 19.6. The van der Waals surface area contributed by atoms with Gasteiger partial charge in [-0.15, -0.1) is 11.3 Å². The summed E-state index contributed by atoms with van der Waals surface area (Å²) in [4.78, 5) is 42.7. The van der Waals surface area contributed by atoms with Crippen LogP contribution in [0, 0.1) is 5.92 Å². The highest BCUT2D eigenvalue weighted by atomic mass is 32.1. The molecule has 4 amide bonds. The van der Waals surface area contributed by atoms with Crippen LogP contribution < -0.4 is 10.2 Å². The highest BCUT2D eigenvalue weighted by Gasteiger charge is 2.48. The van der Waals surface area contributed by atoms with Crippen molar-refractivity contribution in [3.63, 3.8) is 0 Å². The van der Waals surface area contributed by atoms with E-state index in [2.05, 4.69) is 19.2 Å². The average Bonchev–Trinajstić information content (AvgIpc) is 3.24. The Morgan fingerprint density at radius 3 is 2.63 bits per heavy atom. The molecule has 0 aromatic carbocycles. The Hall–Kier alpha value is -1.93. The lowest BCUT2D eigenvalue weighted by molar-refractivity contribution is -0.911. The van der Waals surface area contributed by atoms with Crippen LogP contribution in [0.15, 0.2) is 17.5 Å². The molecule has 0 aliphatic carbocycles. The van der Waals surface area contributed by atoms with Gasteiger partial charge in [0.05, 0.1) is 31.1 Å². The molecule has 27 heavy (non-hydrogen) atoms. The smallest absolute Gasteiger partial charge is 0.327 e. The lowest BCUT2D eigenvalue weighted by Gasteiger charge is -2.33. The second-order valence-corrected chi connectivity index (χ2v) is 9.05. The summed E-state index contributed by atoms with van der Waals surface area (Å²) >= 11 is 1.45. The van der Waals surface area contributed by atoms with E-state index < -0.39 is 5.54 Å². The van der Waals surface area contributed by atoms with Gasteiger partial charge in [0.25, 0.3) is 11.8 Å². The van der Waals surface area contributed by atoms with E-state index in [1.165, 1.54) is 16.2 Å². The summed E-state index contributed by atoms with van der Waals surface area (Å²) in [5, 5.41) is 4.79. The molecule has 1 atom stereocenters. The summed E-state index contributed by atoms with van der Waals surface area (Å²) in [5.74, 6) is 0.429. The second kappa shape index (κ2) is 7.98. The number of carbonyl (C=O) groups excluding carboxylic acids is 3. The molecule has 0 bridgehead atoms. The van der Waals surface area contributed by atoms with E-state index in [4.69, 9.17) is 0 Å². The minimum atomic E-state index is -0.794. The summed E-state index contributed by atoms with van der Waals surface area (Å²) in [6.07, 6.45) is 1.55. The van der Waals surface area contributed by atoms with Gasteiger partial charge in [-0.3, -0.25) is 9.59 Å². The van der Waals surface area contributed by atoms with Crippen LogP contribution in [0.5, 0.6) is 0 Å². The molecule has 0 radical (unpaired) electrons. The Morgan fingerprint density at radius 1 is 1.33 bits per heavy atom. The molecule has 148 valence electrons. The van der Waals surface area contributed by atoms with Crippen molar-refractivity contribution in [2.75, 3.05) is 32.8 Å². The summed E-state index contributed by atoms with van der Waals surface area (Å²) in [7, 11) is 0. The number of piperazine rings is 1. The summed E-state index contributed by atoms with van der Waals surface area (Å²) in [6.45, 7) is 9.16. The fourth-order valence-electron chi connectivity index (χ4n) is 3.60. The van der Waals surface area contributed by atoms with Gasteiger partial charge in [-0.2, -0.15) is 0 Å². The molecule has 0 unspecified atom stereocenters. The van der Waals surface area contributed by atoms with Crippen LogP contribution in [0.1, 0.15) is 43.3 Å². The second-order valence-electron chi connectivity index (χ2n) is 8.11. The summed E-state index contributed by atoms with van der Waals surface area (Å²) in [6, 6.07) is 3.43. The first-order chi connectivity index (χ1) is 12.8. The Morgan fingerprint density at radius 2 is 2.04 bits per heavy atom. The number of urea groups is 1. The predicted molar refractivity (Wildman–Crippen MR) is 104 cm³/mol. The molecule has 0 saturated carbocycles. The number of amides is 4. The third-order valence-electron chi connectivity index (χ3n) is 5.44. The van der Waals surface area contributed by atoms with E-state index in [1.807, 2.05) is 29.3 Å². The first kappa shape index (κ1) is 19.8. The fourth-order valence-corrected chi connectivity index (χ4v) is 4.29. The molecule has 2 aliphatic rings. The maximum Gasteiger partial charge on any atom is 0.329 e. The van der Waals surface area contributed by atoms with Crippen LogP contribution in [0.2, 0.25) is 0 Å². The Kier molecular flexibility index (Phi) is 5.86. The van der Waals surface area contributed by atoms with Crippen molar-refractivity contribution in [3.05, 3.63) is 22.4 Å². The molecule has 0 spiro atoms. The van der Waals surface area contributed by atoms with Gasteiger partial charge in [0.2, 0.25) is 0 Å². The van der Waals surface area contributed by atoms with Gasteiger partial charge in [0.1, 0.15) is 5.54 Å². The van der Waals surface area contributed by atoms with Gasteiger partial charge >= 0.3 is 6.03 Å². The third kappa shape index (κ3) is 4.32. The van der Waals surface area contributed by atoms with Crippen molar-refractivity contribution < 1.29 is 19.3 Å². The van der Waals surface area contributed by atoms with E-state index in [0.717, 1.165) is 29.3 Å². The van der Waals surface area contributed by atoms with E-state index >= 15 is 0 Å². The van der Waals surface area contributed by atoms with Gasteiger partial charge in [0.15, 0.2) is 6.67 Å². The van der Waals surface area contributed by atoms with Crippen LogP contribution in [0.25, 0.3) is 0 Å². The minimum Gasteiger partial charge on any atom is -0.327 e. The number of thiophene rings is 1. The molecular formula is C19H29N4O3S+. The van der Waals surface area contributed by atoms with Crippen LogP contribution in [0.3, 0.4) is 0 Å². The molecule has 2 saturated heterocycles. The van der Waals surface area contributed by atoms with Gasteiger partial charge in [-0.1, -0.05) is 19.9 Å². The Balaban J connectivity index is 1.53. The van der Waals surface area contributed by atoms with E-state index in [9.17, 15) is 14.4 Å². The van der Waals surface area contributed by atoms with Gasteiger partial charge in [-0.25, -0.2) is 9.69 Å². The van der Waals surface area contributed by atoms with Crippen LogP contribution in [-0.2, 0) is 4.79 Å². The predicted octanol–water partition coefficient (Wildman–Crippen LogP) is 0.793. The lowest BCUT2D eigenvalue weighted by atomic mass is 9.92. The van der Waals surface area contributed by atoms with Crippen molar-refractivity contribution in [2.24, 2.45) is 5.92 Å². The van der Waals surface area contributed by atoms with E-state index in [-0.39, 0.29) is 17.8 Å². The number of hydrogen-bond donors (Lipinski definition) is 2. The number of quaternary nitrogens is 1. The monoisotopic (exact) mass is 393 g/mol. The first-order valence-electron chi connectivity index (χ1n) is 9.60. The normalized spacial score (nSPS) is 24.0. The largest absolute Gasteiger partial charge is 0.329 e. The zero-order valence-electron chi connectivity index (χ0n) is 16.3. The molecule has 3 rings (SSSR count). The topological polar surface area (TPSA) is 74.2 Å². The molecule has 2 aliphatic heterocycles. The number of hydrogen-bond acceptors (Lipinski definition) is 4. The van der Waals surface area contributed by atoms with Crippen LogP contribution in [0.4, 0.5) is 4.79 Å². The average molecular weight is 394 g/mol. The SMILES string of the molecule is CC(C)CC[C@@]1(C)NC(=O)N(C[NH+]2CCN(C(=O)c3cccs3)CC2)C1=O. The number of carbonyl (C=O) groups is 3. The molecule has 2 fully saturated rings. The summed E-state index contributed by atoms with van der Waals surface area (Å²) < 4.78 is 0.